The van der Waals surface area contributed by atoms with Gasteiger partial charge in [0, 0.05) is 6.54 Å². The molecule has 0 spiro atoms. The molecule has 1 aliphatic rings. The highest BCUT2D eigenvalue weighted by Gasteiger charge is 2.20. The Morgan fingerprint density at radius 3 is 2.65 bits per heavy atom. The molecule has 3 heteroatoms. The van der Waals surface area contributed by atoms with Crippen LogP contribution in [-0.4, -0.2) is 11.7 Å². The van der Waals surface area contributed by atoms with Crippen molar-refractivity contribution < 1.29 is 0 Å². The molecule has 0 saturated heterocycles. The monoisotopic (exact) mass is 282 g/mol. The van der Waals surface area contributed by atoms with E-state index < -0.39 is 0 Å². The first-order valence-corrected chi connectivity index (χ1v) is 7.75. The van der Waals surface area contributed by atoms with Gasteiger partial charge < -0.3 is 5.32 Å². The molecule has 0 aromatic heterocycles. The van der Waals surface area contributed by atoms with E-state index in [1.807, 2.05) is 11.8 Å². The number of rotatable bonds is 3. The topological polar surface area (TPSA) is 24.4 Å². The lowest BCUT2D eigenvalue weighted by atomic mass is 10.1. The highest BCUT2D eigenvalue weighted by molar-refractivity contribution is 8.14. The average Bonchev–Trinajstić information content (AvgIpc) is 2.96. The Morgan fingerprint density at radius 1 is 1.10 bits per heavy atom. The average molecular weight is 282 g/mol. The van der Waals surface area contributed by atoms with Crippen molar-refractivity contribution in [2.75, 3.05) is 6.54 Å². The molecule has 102 valence electrons. The predicted octanol–water partition coefficient (Wildman–Crippen LogP) is 3.93. The van der Waals surface area contributed by atoms with Crippen LogP contribution in [0.2, 0.25) is 0 Å². The van der Waals surface area contributed by atoms with Crippen LogP contribution < -0.4 is 5.32 Å². The number of nitrogens with zero attached hydrogens (tertiary/aromatic N) is 1. The molecule has 1 atom stereocenters. The SMILES string of the molecule is Cc1ccccc1CNC1=NCC(c2ccccc2)S1. The van der Waals surface area contributed by atoms with Gasteiger partial charge in [0.1, 0.15) is 0 Å². The molecule has 0 amide bonds. The van der Waals surface area contributed by atoms with Crippen molar-refractivity contribution >= 4 is 16.9 Å². The van der Waals surface area contributed by atoms with Crippen molar-refractivity contribution in [3.05, 3.63) is 71.3 Å². The minimum Gasteiger partial charge on any atom is -0.361 e. The second kappa shape index (κ2) is 6.14. The minimum atomic E-state index is 0.454. The van der Waals surface area contributed by atoms with E-state index in [2.05, 4.69) is 71.8 Å². The van der Waals surface area contributed by atoms with E-state index >= 15 is 0 Å². The van der Waals surface area contributed by atoms with E-state index in [-0.39, 0.29) is 0 Å². The van der Waals surface area contributed by atoms with Crippen LogP contribution in [0.4, 0.5) is 0 Å². The molecule has 0 aliphatic carbocycles. The van der Waals surface area contributed by atoms with Crippen LogP contribution in [0.25, 0.3) is 0 Å². The summed E-state index contributed by atoms with van der Waals surface area (Å²) >= 11 is 1.83. The second-order valence-corrected chi connectivity index (χ2v) is 6.13. The van der Waals surface area contributed by atoms with Crippen LogP contribution in [0.1, 0.15) is 21.9 Å². The van der Waals surface area contributed by atoms with Crippen LogP contribution in [0.3, 0.4) is 0 Å². The minimum absolute atomic E-state index is 0.454. The summed E-state index contributed by atoms with van der Waals surface area (Å²) in [6.07, 6.45) is 0. The molecule has 0 bridgehead atoms. The maximum Gasteiger partial charge on any atom is 0.157 e. The molecule has 2 aromatic carbocycles. The van der Waals surface area contributed by atoms with Gasteiger partial charge in [-0.1, -0.05) is 66.4 Å². The van der Waals surface area contributed by atoms with Gasteiger partial charge in [-0.2, -0.15) is 0 Å². The maximum atomic E-state index is 4.61. The normalized spacial score (nSPS) is 17.9. The van der Waals surface area contributed by atoms with Crippen molar-refractivity contribution in [3.8, 4) is 0 Å². The summed E-state index contributed by atoms with van der Waals surface area (Å²) in [4.78, 5) is 4.61. The fourth-order valence-corrected chi connectivity index (χ4v) is 3.31. The lowest BCUT2D eigenvalue weighted by Gasteiger charge is -2.10. The number of aliphatic imine (C=N–C) groups is 1. The van der Waals surface area contributed by atoms with Gasteiger partial charge in [0.05, 0.1) is 11.8 Å². The first kappa shape index (κ1) is 13.3. The Labute approximate surface area is 124 Å². The summed E-state index contributed by atoms with van der Waals surface area (Å²) in [7, 11) is 0. The van der Waals surface area contributed by atoms with Gasteiger partial charge in [-0.05, 0) is 23.6 Å². The number of benzene rings is 2. The molecule has 2 nitrogen and oxygen atoms in total. The van der Waals surface area contributed by atoms with E-state index in [4.69, 9.17) is 0 Å². The number of hydrogen-bond acceptors (Lipinski definition) is 3. The van der Waals surface area contributed by atoms with E-state index in [1.165, 1.54) is 16.7 Å². The van der Waals surface area contributed by atoms with E-state index in [0.29, 0.717) is 5.25 Å². The zero-order valence-corrected chi connectivity index (χ0v) is 12.4. The van der Waals surface area contributed by atoms with Crippen LogP contribution >= 0.6 is 11.8 Å². The Kier molecular flexibility index (Phi) is 4.07. The van der Waals surface area contributed by atoms with Crippen molar-refractivity contribution in [1.29, 1.82) is 0 Å². The zero-order valence-electron chi connectivity index (χ0n) is 11.5. The van der Waals surface area contributed by atoms with Crippen LogP contribution in [0.15, 0.2) is 59.6 Å². The third kappa shape index (κ3) is 3.05. The van der Waals surface area contributed by atoms with Crippen molar-refractivity contribution in [1.82, 2.24) is 5.32 Å². The number of hydrogen-bond donors (Lipinski definition) is 1. The smallest absolute Gasteiger partial charge is 0.157 e. The van der Waals surface area contributed by atoms with Gasteiger partial charge >= 0.3 is 0 Å². The largest absolute Gasteiger partial charge is 0.361 e. The molecule has 2 aromatic rings. The number of nitrogens with one attached hydrogen (secondary N) is 1. The Morgan fingerprint density at radius 2 is 1.85 bits per heavy atom. The lowest BCUT2D eigenvalue weighted by molar-refractivity contribution is 0.904. The quantitative estimate of drug-likeness (QED) is 0.922. The first-order valence-electron chi connectivity index (χ1n) is 6.87. The molecular weight excluding hydrogens is 264 g/mol. The van der Waals surface area contributed by atoms with Gasteiger partial charge in [-0.25, -0.2) is 0 Å². The fourth-order valence-electron chi connectivity index (χ4n) is 2.29. The van der Waals surface area contributed by atoms with Gasteiger partial charge in [-0.3, -0.25) is 4.99 Å². The second-order valence-electron chi connectivity index (χ2n) is 4.94. The molecule has 0 radical (unpaired) electrons. The molecule has 1 aliphatic heterocycles. The Balaban J connectivity index is 1.57. The van der Waals surface area contributed by atoms with Gasteiger partial charge in [0.2, 0.25) is 0 Å². The Bertz CT molecular complexity index is 607. The number of amidine groups is 1. The van der Waals surface area contributed by atoms with Crippen molar-refractivity contribution in [2.24, 2.45) is 4.99 Å². The first-order chi connectivity index (χ1) is 9.83. The predicted molar refractivity (Wildman–Crippen MR) is 87.1 cm³/mol. The van der Waals surface area contributed by atoms with E-state index in [9.17, 15) is 0 Å². The van der Waals surface area contributed by atoms with Crippen molar-refractivity contribution in [3.63, 3.8) is 0 Å². The molecule has 3 rings (SSSR count). The van der Waals surface area contributed by atoms with Crippen LogP contribution in [-0.2, 0) is 6.54 Å². The summed E-state index contributed by atoms with van der Waals surface area (Å²) in [6, 6.07) is 19.1. The molecule has 20 heavy (non-hydrogen) atoms. The molecule has 0 fully saturated rings. The third-order valence-electron chi connectivity index (χ3n) is 3.52. The Hall–Kier alpha value is -1.74. The van der Waals surface area contributed by atoms with Crippen molar-refractivity contribution in [2.45, 2.75) is 18.7 Å². The molecular formula is C17H18N2S. The molecule has 1 N–H and O–H groups in total. The maximum absolute atomic E-state index is 4.61. The summed E-state index contributed by atoms with van der Waals surface area (Å²) in [6.45, 7) is 3.86. The zero-order chi connectivity index (χ0) is 13.8. The molecule has 1 heterocycles. The third-order valence-corrected chi connectivity index (χ3v) is 4.72. The highest BCUT2D eigenvalue weighted by Crippen LogP contribution is 2.34. The van der Waals surface area contributed by atoms with Crippen LogP contribution in [0, 0.1) is 6.92 Å². The molecule has 0 saturated carbocycles. The highest BCUT2D eigenvalue weighted by atomic mass is 32.2. The summed E-state index contributed by atoms with van der Waals surface area (Å²) in [5.41, 5.74) is 4.01. The van der Waals surface area contributed by atoms with Gasteiger partial charge in [0.25, 0.3) is 0 Å². The summed E-state index contributed by atoms with van der Waals surface area (Å²) in [5.74, 6) is 0. The van der Waals surface area contributed by atoms with Gasteiger partial charge in [0.15, 0.2) is 5.17 Å². The lowest BCUT2D eigenvalue weighted by Crippen LogP contribution is -2.18. The standard InChI is InChI=1S/C17H18N2S/c1-13-7-5-6-10-15(13)11-18-17-19-12-16(20-17)14-8-3-2-4-9-14/h2-10,16H,11-12H2,1H3,(H,18,19). The molecule has 1 unspecified atom stereocenters. The number of thioether (sulfide) groups is 1. The fraction of sp³-hybridized carbons (Fsp3) is 0.235. The van der Waals surface area contributed by atoms with E-state index in [0.717, 1.165) is 18.3 Å². The van der Waals surface area contributed by atoms with Gasteiger partial charge in [-0.15, -0.1) is 0 Å². The number of aryl methyl sites for hydroxylation is 1. The van der Waals surface area contributed by atoms with E-state index in [1.54, 1.807) is 0 Å². The summed E-state index contributed by atoms with van der Waals surface area (Å²) in [5, 5.41) is 4.96. The summed E-state index contributed by atoms with van der Waals surface area (Å²) < 4.78 is 0. The van der Waals surface area contributed by atoms with Crippen LogP contribution in [0.5, 0.6) is 0 Å².